The number of amides is 4. The van der Waals surface area contributed by atoms with Crippen LogP contribution in [-0.2, 0) is 5.41 Å². The number of aryl methyl sites for hydroxylation is 1. The summed E-state index contributed by atoms with van der Waals surface area (Å²) in [5.41, 5.74) is 4.73. The highest BCUT2D eigenvalue weighted by atomic mass is 16.5. The average molecular weight is 683 g/mol. The molecule has 0 spiro atoms. The van der Waals surface area contributed by atoms with Crippen molar-refractivity contribution < 1.29 is 28.7 Å². The maximum Gasteiger partial charge on any atom is 0.266 e. The molecule has 0 fully saturated rings. The van der Waals surface area contributed by atoms with Crippen LogP contribution in [0.5, 0.6) is 23.0 Å². The quantitative estimate of drug-likeness (QED) is 0.159. The average Bonchev–Trinajstić information content (AvgIpc) is 3.53. The molecule has 0 N–H and O–H groups in total. The van der Waals surface area contributed by atoms with Gasteiger partial charge in [0, 0.05) is 12.5 Å². The van der Waals surface area contributed by atoms with Crippen LogP contribution in [-0.4, -0.2) is 35.6 Å². The number of imide groups is 2. The van der Waals surface area contributed by atoms with E-state index in [9.17, 15) is 19.2 Å². The minimum Gasteiger partial charge on any atom is -0.457 e. The zero-order chi connectivity index (χ0) is 37.0. The summed E-state index contributed by atoms with van der Waals surface area (Å²) < 4.78 is 12.1. The normalized spacial score (nSPS) is 13.2. The van der Waals surface area contributed by atoms with Crippen LogP contribution < -0.4 is 14.4 Å². The van der Waals surface area contributed by atoms with Gasteiger partial charge in [-0.3, -0.25) is 24.1 Å². The molecule has 0 bridgehead atoms. The standard InChI is InChI=1S/C39H30N2O6.2C2H6/c1-23-5-11-26(12-6-23)41-37(44)32-20-18-30(22-34(32)38(41)45)47-28-15-9-25(10-16-28)39(2,3)24-7-13-27(14-8-24)46-29-17-19-31-33(21-29)36(43)40(4)35(31)42;2*1-2/h5-22H,1-4H3;2*1-2H3. The van der Waals surface area contributed by atoms with E-state index in [0.29, 0.717) is 50.9 Å². The molecule has 8 nitrogen and oxygen atoms in total. The Morgan fingerprint density at radius 2 is 0.843 bits per heavy atom. The van der Waals surface area contributed by atoms with Gasteiger partial charge in [-0.2, -0.15) is 0 Å². The molecule has 5 aromatic rings. The summed E-state index contributed by atoms with van der Waals surface area (Å²) in [6.45, 7) is 14.2. The van der Waals surface area contributed by atoms with Crippen LogP contribution in [0.3, 0.4) is 0 Å². The van der Waals surface area contributed by atoms with Crippen LogP contribution in [0.2, 0.25) is 0 Å². The molecule has 5 aromatic carbocycles. The minimum atomic E-state index is -0.375. The zero-order valence-electron chi connectivity index (χ0n) is 30.2. The van der Waals surface area contributed by atoms with E-state index in [1.807, 2.05) is 95.3 Å². The third kappa shape index (κ3) is 6.90. The highest BCUT2D eigenvalue weighted by Crippen LogP contribution is 2.36. The van der Waals surface area contributed by atoms with E-state index in [1.54, 1.807) is 48.5 Å². The van der Waals surface area contributed by atoms with Crippen LogP contribution in [0.25, 0.3) is 0 Å². The molecule has 0 aliphatic carbocycles. The van der Waals surface area contributed by atoms with E-state index in [2.05, 4.69) is 13.8 Å². The van der Waals surface area contributed by atoms with E-state index >= 15 is 0 Å². The summed E-state index contributed by atoms with van der Waals surface area (Å²) in [5.74, 6) is 0.765. The Kier molecular flexibility index (Phi) is 10.6. The van der Waals surface area contributed by atoms with Gasteiger partial charge in [0.2, 0.25) is 0 Å². The van der Waals surface area contributed by atoms with Crippen molar-refractivity contribution in [2.24, 2.45) is 0 Å². The van der Waals surface area contributed by atoms with Gasteiger partial charge in [-0.15, -0.1) is 0 Å². The Labute approximate surface area is 299 Å². The molecule has 7 rings (SSSR count). The zero-order valence-corrected chi connectivity index (χ0v) is 30.2. The van der Waals surface area contributed by atoms with Gasteiger partial charge in [-0.25, -0.2) is 4.90 Å². The van der Waals surface area contributed by atoms with Gasteiger partial charge in [0.25, 0.3) is 23.6 Å². The fourth-order valence-corrected chi connectivity index (χ4v) is 5.93. The van der Waals surface area contributed by atoms with E-state index < -0.39 is 0 Å². The summed E-state index contributed by atoms with van der Waals surface area (Å²) in [4.78, 5) is 53.0. The first-order chi connectivity index (χ1) is 24.5. The molecule has 0 unspecified atom stereocenters. The Bertz CT molecular complexity index is 2100. The van der Waals surface area contributed by atoms with E-state index in [0.717, 1.165) is 21.6 Å². The third-order valence-corrected chi connectivity index (χ3v) is 8.83. The predicted molar refractivity (Wildman–Crippen MR) is 199 cm³/mol. The number of anilines is 1. The van der Waals surface area contributed by atoms with Crippen LogP contribution in [0.1, 0.15) is 99.7 Å². The number of fused-ring (bicyclic) bond motifs is 2. The molecule has 0 radical (unpaired) electrons. The molecule has 8 heteroatoms. The van der Waals surface area contributed by atoms with Gasteiger partial charge < -0.3 is 9.47 Å². The van der Waals surface area contributed by atoms with Gasteiger partial charge in [0.1, 0.15) is 23.0 Å². The molecular formula is C43H42N2O6. The van der Waals surface area contributed by atoms with Gasteiger partial charge in [-0.05, 0) is 90.8 Å². The van der Waals surface area contributed by atoms with Crippen molar-refractivity contribution in [2.45, 2.75) is 53.9 Å². The summed E-state index contributed by atoms with van der Waals surface area (Å²) in [6, 6.07) is 32.6. The van der Waals surface area contributed by atoms with Gasteiger partial charge in [0.05, 0.1) is 27.9 Å². The second-order valence-corrected chi connectivity index (χ2v) is 12.2. The number of nitrogens with zero attached hydrogens (tertiary/aromatic N) is 2. The van der Waals surface area contributed by atoms with E-state index in [1.165, 1.54) is 11.9 Å². The van der Waals surface area contributed by atoms with Crippen molar-refractivity contribution in [3.05, 3.63) is 148 Å². The first kappa shape index (κ1) is 36.3. The molecule has 2 aliphatic rings. The smallest absolute Gasteiger partial charge is 0.266 e. The van der Waals surface area contributed by atoms with Crippen LogP contribution in [0, 0.1) is 6.92 Å². The number of rotatable bonds is 7. The highest BCUT2D eigenvalue weighted by molar-refractivity contribution is 6.34. The lowest BCUT2D eigenvalue weighted by atomic mass is 9.78. The highest BCUT2D eigenvalue weighted by Gasteiger charge is 2.37. The fraction of sp³-hybridized carbons (Fsp3) is 0.209. The number of carbonyl (C=O) groups excluding carboxylic acids is 4. The van der Waals surface area contributed by atoms with Crippen molar-refractivity contribution in [2.75, 3.05) is 11.9 Å². The lowest BCUT2D eigenvalue weighted by molar-refractivity contribution is 0.0692. The van der Waals surface area contributed by atoms with E-state index in [-0.39, 0.29) is 29.0 Å². The molecule has 0 aromatic heterocycles. The third-order valence-electron chi connectivity index (χ3n) is 8.83. The lowest BCUT2D eigenvalue weighted by Gasteiger charge is -2.26. The summed E-state index contributed by atoms with van der Waals surface area (Å²) in [6.07, 6.45) is 0. The van der Waals surface area contributed by atoms with Crippen molar-refractivity contribution in [1.29, 1.82) is 0 Å². The lowest BCUT2D eigenvalue weighted by Crippen LogP contribution is -2.29. The maximum atomic E-state index is 13.2. The number of hydrogen-bond donors (Lipinski definition) is 0. The minimum absolute atomic E-state index is 0.311. The second kappa shape index (κ2) is 14.8. The number of benzene rings is 5. The molecule has 2 heterocycles. The van der Waals surface area contributed by atoms with Gasteiger partial charge >= 0.3 is 0 Å². The monoisotopic (exact) mass is 682 g/mol. The van der Waals surface area contributed by atoms with Crippen LogP contribution in [0.4, 0.5) is 5.69 Å². The second-order valence-electron chi connectivity index (χ2n) is 12.2. The van der Waals surface area contributed by atoms with Crippen LogP contribution >= 0.6 is 0 Å². The fourth-order valence-electron chi connectivity index (χ4n) is 5.93. The molecule has 51 heavy (non-hydrogen) atoms. The van der Waals surface area contributed by atoms with Gasteiger partial charge in [0.15, 0.2) is 0 Å². The Morgan fingerprint density at radius 3 is 1.31 bits per heavy atom. The van der Waals surface area contributed by atoms with Crippen molar-refractivity contribution >= 4 is 29.3 Å². The SMILES string of the molecule is CC.CC.Cc1ccc(N2C(=O)c3ccc(Oc4ccc(C(C)(C)c5ccc(Oc6ccc7c(c6)C(=O)N(C)C7=O)cc5)cc4)cc3C2=O)cc1. The Balaban J connectivity index is 0.00000122. The maximum absolute atomic E-state index is 13.2. The number of carbonyl (C=O) groups is 4. The van der Waals surface area contributed by atoms with E-state index in [4.69, 9.17) is 9.47 Å². The van der Waals surface area contributed by atoms with Crippen molar-refractivity contribution in [3.8, 4) is 23.0 Å². The van der Waals surface area contributed by atoms with Gasteiger partial charge in [-0.1, -0.05) is 83.5 Å². The first-order valence-corrected chi connectivity index (χ1v) is 17.1. The molecule has 0 saturated heterocycles. The Morgan fingerprint density at radius 1 is 0.471 bits per heavy atom. The largest absolute Gasteiger partial charge is 0.457 e. The molecule has 0 saturated carbocycles. The molecule has 260 valence electrons. The van der Waals surface area contributed by atoms with Crippen molar-refractivity contribution in [3.63, 3.8) is 0 Å². The first-order valence-electron chi connectivity index (χ1n) is 17.1. The molecule has 0 atom stereocenters. The van der Waals surface area contributed by atoms with Crippen molar-refractivity contribution in [1.82, 2.24) is 4.90 Å². The molecular weight excluding hydrogens is 640 g/mol. The summed E-state index contributed by atoms with van der Waals surface area (Å²) in [5, 5.41) is 0. The molecule has 2 aliphatic heterocycles. The summed E-state index contributed by atoms with van der Waals surface area (Å²) in [7, 11) is 1.47. The number of ether oxygens (including phenoxy) is 2. The predicted octanol–water partition coefficient (Wildman–Crippen LogP) is 9.98. The Hall–Kier alpha value is -6.02. The number of hydrogen-bond acceptors (Lipinski definition) is 6. The summed E-state index contributed by atoms with van der Waals surface area (Å²) >= 11 is 0. The van der Waals surface area contributed by atoms with Crippen LogP contribution in [0.15, 0.2) is 109 Å². The topological polar surface area (TPSA) is 93.2 Å². The molecule has 4 amide bonds.